The van der Waals surface area contributed by atoms with Gasteiger partial charge in [0.05, 0.1) is 33.5 Å². The molecule has 3 N–H and O–H groups in total. The smallest absolute Gasteiger partial charge is 0.128 e. The van der Waals surface area contributed by atoms with Crippen molar-refractivity contribution >= 4 is 0 Å². The molecule has 96 valence electrons. The second-order valence-electron chi connectivity index (χ2n) is 3.63. The first-order chi connectivity index (χ1) is 8.17. The molecule has 17 heavy (non-hydrogen) atoms. The molecule has 0 aliphatic rings. The van der Waals surface area contributed by atoms with E-state index in [1.807, 2.05) is 6.07 Å². The predicted octanol–water partition coefficient (Wildman–Crippen LogP) is 0.842. The van der Waals surface area contributed by atoms with E-state index in [-0.39, 0.29) is 6.61 Å². The molecule has 5 heteroatoms. The monoisotopic (exact) mass is 241 g/mol. The summed E-state index contributed by atoms with van der Waals surface area (Å²) < 4.78 is 15.6. The fourth-order valence-corrected chi connectivity index (χ4v) is 1.65. The molecule has 0 saturated carbocycles. The largest absolute Gasteiger partial charge is 0.496 e. The molecule has 1 aromatic carbocycles. The number of nitrogens with two attached hydrogens (primary N) is 1. The second kappa shape index (κ2) is 6.44. The lowest BCUT2D eigenvalue weighted by molar-refractivity contribution is 0.181. The van der Waals surface area contributed by atoms with Crippen molar-refractivity contribution in [2.75, 3.05) is 27.9 Å². The first-order valence-corrected chi connectivity index (χ1v) is 5.28. The van der Waals surface area contributed by atoms with Gasteiger partial charge in [-0.3, -0.25) is 0 Å². The standard InChI is InChI=1S/C12H19NO4/c1-15-7-8-4-9(10(13)6-14)12(17-3)5-11(8)16-2/h4-5,10,14H,6-7,13H2,1-3H3. The molecule has 1 aromatic rings. The van der Waals surface area contributed by atoms with Gasteiger partial charge in [0.2, 0.25) is 0 Å². The van der Waals surface area contributed by atoms with Crippen LogP contribution in [0.15, 0.2) is 12.1 Å². The summed E-state index contributed by atoms with van der Waals surface area (Å²) in [6, 6.07) is 3.10. The Hall–Kier alpha value is -1.30. The van der Waals surface area contributed by atoms with Crippen LogP contribution in [0.2, 0.25) is 0 Å². The molecule has 1 unspecified atom stereocenters. The molecule has 0 fully saturated rings. The Kier molecular flexibility index (Phi) is 5.21. The minimum absolute atomic E-state index is 0.144. The number of hydrogen-bond acceptors (Lipinski definition) is 5. The van der Waals surface area contributed by atoms with Gasteiger partial charge in [0.25, 0.3) is 0 Å². The minimum atomic E-state index is -0.480. The summed E-state index contributed by atoms with van der Waals surface area (Å²) in [5.41, 5.74) is 7.42. The van der Waals surface area contributed by atoms with Gasteiger partial charge in [-0.2, -0.15) is 0 Å². The summed E-state index contributed by atoms with van der Waals surface area (Å²) in [4.78, 5) is 0. The quantitative estimate of drug-likeness (QED) is 0.772. The third-order valence-electron chi connectivity index (χ3n) is 2.53. The molecule has 5 nitrogen and oxygen atoms in total. The Morgan fingerprint density at radius 3 is 2.29 bits per heavy atom. The van der Waals surface area contributed by atoms with Crippen molar-refractivity contribution < 1.29 is 19.3 Å². The van der Waals surface area contributed by atoms with Crippen molar-refractivity contribution in [3.05, 3.63) is 23.3 Å². The van der Waals surface area contributed by atoms with Crippen molar-refractivity contribution in [3.63, 3.8) is 0 Å². The van der Waals surface area contributed by atoms with Crippen LogP contribution in [0.25, 0.3) is 0 Å². The number of aliphatic hydroxyl groups excluding tert-OH is 1. The van der Waals surface area contributed by atoms with Gasteiger partial charge in [0.1, 0.15) is 11.5 Å². The number of rotatable bonds is 6. The second-order valence-corrected chi connectivity index (χ2v) is 3.63. The lowest BCUT2D eigenvalue weighted by Gasteiger charge is -2.17. The highest BCUT2D eigenvalue weighted by Crippen LogP contribution is 2.32. The van der Waals surface area contributed by atoms with Gasteiger partial charge in [-0.25, -0.2) is 0 Å². The molecule has 0 radical (unpaired) electrons. The third kappa shape index (κ3) is 3.09. The topological polar surface area (TPSA) is 73.9 Å². The normalized spacial score (nSPS) is 12.3. The van der Waals surface area contributed by atoms with E-state index in [9.17, 15) is 0 Å². The SMILES string of the molecule is COCc1cc(C(N)CO)c(OC)cc1OC. The molecular formula is C12H19NO4. The zero-order valence-electron chi connectivity index (χ0n) is 10.4. The zero-order valence-corrected chi connectivity index (χ0v) is 10.4. The van der Waals surface area contributed by atoms with Crippen LogP contribution < -0.4 is 15.2 Å². The van der Waals surface area contributed by atoms with Crippen molar-refractivity contribution in [3.8, 4) is 11.5 Å². The number of benzene rings is 1. The van der Waals surface area contributed by atoms with E-state index in [0.717, 1.165) is 11.1 Å². The maximum Gasteiger partial charge on any atom is 0.128 e. The van der Waals surface area contributed by atoms with Gasteiger partial charge >= 0.3 is 0 Å². The summed E-state index contributed by atoms with van der Waals surface area (Å²) in [5, 5.41) is 9.11. The van der Waals surface area contributed by atoms with Crippen LogP contribution in [0.5, 0.6) is 11.5 Å². The number of methoxy groups -OCH3 is 3. The average Bonchev–Trinajstić information content (AvgIpc) is 2.37. The maximum atomic E-state index is 9.11. The van der Waals surface area contributed by atoms with E-state index < -0.39 is 6.04 Å². The zero-order chi connectivity index (χ0) is 12.8. The Bertz CT molecular complexity index is 368. The lowest BCUT2D eigenvalue weighted by atomic mass is 10.0. The van der Waals surface area contributed by atoms with Crippen LogP contribution in [0, 0.1) is 0 Å². The summed E-state index contributed by atoms with van der Waals surface area (Å²) in [6.45, 7) is 0.271. The fourth-order valence-electron chi connectivity index (χ4n) is 1.65. The fraction of sp³-hybridized carbons (Fsp3) is 0.500. The molecule has 0 aliphatic heterocycles. The molecule has 0 amide bonds. The first kappa shape index (κ1) is 13.8. The van der Waals surface area contributed by atoms with E-state index in [1.54, 1.807) is 27.4 Å². The molecule has 0 saturated heterocycles. The molecule has 0 spiro atoms. The van der Waals surface area contributed by atoms with E-state index >= 15 is 0 Å². The average molecular weight is 241 g/mol. The van der Waals surface area contributed by atoms with E-state index in [2.05, 4.69) is 0 Å². The summed E-state index contributed by atoms with van der Waals surface area (Å²) in [5.74, 6) is 1.28. The van der Waals surface area contributed by atoms with E-state index in [1.165, 1.54) is 0 Å². The molecule has 0 aromatic heterocycles. The molecule has 1 atom stereocenters. The Morgan fingerprint density at radius 2 is 1.82 bits per heavy atom. The third-order valence-corrected chi connectivity index (χ3v) is 2.53. The van der Waals surface area contributed by atoms with Crippen molar-refractivity contribution in [2.45, 2.75) is 12.6 Å². The first-order valence-electron chi connectivity index (χ1n) is 5.28. The van der Waals surface area contributed by atoms with Crippen LogP contribution in [-0.2, 0) is 11.3 Å². The molecule has 0 bridgehead atoms. The van der Waals surface area contributed by atoms with Crippen LogP contribution in [-0.4, -0.2) is 33.0 Å². The van der Waals surface area contributed by atoms with Crippen LogP contribution in [0.3, 0.4) is 0 Å². The van der Waals surface area contributed by atoms with E-state index in [4.69, 9.17) is 25.1 Å². The summed E-state index contributed by atoms with van der Waals surface area (Å²) in [6.07, 6.45) is 0. The highest BCUT2D eigenvalue weighted by Gasteiger charge is 2.15. The Labute approximate surface area is 101 Å². The highest BCUT2D eigenvalue weighted by molar-refractivity contribution is 5.47. The minimum Gasteiger partial charge on any atom is -0.496 e. The van der Waals surface area contributed by atoms with Gasteiger partial charge in [-0.05, 0) is 6.07 Å². The lowest BCUT2D eigenvalue weighted by Crippen LogP contribution is -2.16. The molecule has 0 aliphatic carbocycles. The molecule has 0 heterocycles. The van der Waals surface area contributed by atoms with Crippen LogP contribution in [0.4, 0.5) is 0 Å². The summed E-state index contributed by atoms with van der Waals surface area (Å²) in [7, 11) is 4.74. The van der Waals surface area contributed by atoms with Crippen LogP contribution >= 0.6 is 0 Å². The van der Waals surface area contributed by atoms with Gasteiger partial charge in [-0.1, -0.05) is 0 Å². The van der Waals surface area contributed by atoms with Crippen molar-refractivity contribution in [2.24, 2.45) is 5.73 Å². The molecular weight excluding hydrogens is 222 g/mol. The number of ether oxygens (including phenoxy) is 3. The Balaban J connectivity index is 3.23. The van der Waals surface area contributed by atoms with Gasteiger partial charge in [-0.15, -0.1) is 0 Å². The van der Waals surface area contributed by atoms with Gasteiger partial charge < -0.3 is 25.1 Å². The Morgan fingerprint density at radius 1 is 1.18 bits per heavy atom. The maximum absolute atomic E-state index is 9.11. The predicted molar refractivity (Wildman–Crippen MR) is 64.3 cm³/mol. The van der Waals surface area contributed by atoms with Gasteiger partial charge in [0, 0.05) is 24.3 Å². The number of hydrogen-bond donors (Lipinski definition) is 2. The van der Waals surface area contributed by atoms with Gasteiger partial charge in [0.15, 0.2) is 0 Å². The van der Waals surface area contributed by atoms with Crippen molar-refractivity contribution in [1.29, 1.82) is 0 Å². The highest BCUT2D eigenvalue weighted by atomic mass is 16.5. The van der Waals surface area contributed by atoms with Crippen LogP contribution in [0.1, 0.15) is 17.2 Å². The number of aliphatic hydroxyl groups is 1. The molecule has 1 rings (SSSR count). The van der Waals surface area contributed by atoms with E-state index in [0.29, 0.717) is 18.1 Å². The summed E-state index contributed by atoms with van der Waals surface area (Å²) >= 11 is 0. The van der Waals surface area contributed by atoms with Crippen molar-refractivity contribution in [1.82, 2.24) is 0 Å².